The van der Waals surface area contributed by atoms with Gasteiger partial charge in [-0.1, -0.05) is 6.92 Å². The van der Waals surface area contributed by atoms with E-state index < -0.39 is 5.82 Å². The molecule has 1 aliphatic rings. The molecule has 1 saturated heterocycles. The number of halogens is 2. The van der Waals surface area contributed by atoms with Crippen molar-refractivity contribution in [3.05, 3.63) is 17.3 Å². The standard InChI is InChI=1S/C9H11ClFN3S/c1-5-2-6(4-15-5)13-8-7(11)3-12-9(10)14-8/h3,5-6H,2,4H2,1H3,(H,12,13,14). The van der Waals surface area contributed by atoms with Crippen molar-refractivity contribution >= 4 is 29.2 Å². The van der Waals surface area contributed by atoms with Crippen molar-refractivity contribution in [3.8, 4) is 0 Å². The molecule has 2 atom stereocenters. The van der Waals surface area contributed by atoms with Crippen molar-refractivity contribution in [3.63, 3.8) is 0 Å². The Balaban J connectivity index is 2.07. The van der Waals surface area contributed by atoms with E-state index in [0.29, 0.717) is 5.25 Å². The zero-order chi connectivity index (χ0) is 10.8. The maximum atomic E-state index is 13.3. The van der Waals surface area contributed by atoms with Crippen LogP contribution in [-0.4, -0.2) is 27.0 Å². The van der Waals surface area contributed by atoms with Gasteiger partial charge in [0.15, 0.2) is 11.6 Å². The Labute approximate surface area is 96.8 Å². The third-order valence-electron chi connectivity index (χ3n) is 2.25. The lowest BCUT2D eigenvalue weighted by Gasteiger charge is -2.12. The number of nitrogens with zero attached hydrogens (tertiary/aromatic N) is 2. The van der Waals surface area contributed by atoms with Crippen LogP contribution in [0.25, 0.3) is 0 Å². The normalized spacial score (nSPS) is 25.5. The molecule has 1 N–H and O–H groups in total. The fourth-order valence-corrected chi connectivity index (χ4v) is 2.84. The van der Waals surface area contributed by atoms with E-state index in [1.54, 1.807) is 0 Å². The molecule has 82 valence electrons. The van der Waals surface area contributed by atoms with Crippen LogP contribution < -0.4 is 5.32 Å². The highest BCUT2D eigenvalue weighted by molar-refractivity contribution is 8.00. The zero-order valence-electron chi connectivity index (χ0n) is 8.20. The van der Waals surface area contributed by atoms with Crippen LogP contribution in [0.4, 0.5) is 10.2 Å². The number of rotatable bonds is 2. The monoisotopic (exact) mass is 247 g/mol. The molecule has 2 heterocycles. The summed E-state index contributed by atoms with van der Waals surface area (Å²) in [4.78, 5) is 7.38. The number of hydrogen-bond donors (Lipinski definition) is 1. The van der Waals surface area contributed by atoms with Gasteiger partial charge in [0.05, 0.1) is 6.20 Å². The first-order valence-corrected chi connectivity index (χ1v) is 6.14. The molecule has 2 rings (SSSR count). The van der Waals surface area contributed by atoms with Crippen LogP contribution in [0.2, 0.25) is 5.28 Å². The molecule has 6 heteroatoms. The van der Waals surface area contributed by atoms with Gasteiger partial charge >= 0.3 is 0 Å². The third-order valence-corrected chi connectivity index (χ3v) is 3.79. The van der Waals surface area contributed by atoms with E-state index in [1.807, 2.05) is 11.8 Å². The number of thioether (sulfide) groups is 1. The molecule has 15 heavy (non-hydrogen) atoms. The van der Waals surface area contributed by atoms with Gasteiger partial charge in [-0.2, -0.15) is 16.7 Å². The predicted octanol–water partition coefficient (Wildman–Crippen LogP) is 2.58. The summed E-state index contributed by atoms with van der Waals surface area (Å²) < 4.78 is 13.3. The highest BCUT2D eigenvalue weighted by Gasteiger charge is 2.23. The van der Waals surface area contributed by atoms with Gasteiger partial charge in [0.1, 0.15) is 0 Å². The fraction of sp³-hybridized carbons (Fsp3) is 0.556. The largest absolute Gasteiger partial charge is 0.364 e. The van der Waals surface area contributed by atoms with E-state index in [2.05, 4.69) is 22.2 Å². The summed E-state index contributed by atoms with van der Waals surface area (Å²) in [6.45, 7) is 2.16. The van der Waals surface area contributed by atoms with E-state index in [1.165, 1.54) is 0 Å². The van der Waals surface area contributed by atoms with Crippen LogP contribution in [-0.2, 0) is 0 Å². The third kappa shape index (κ3) is 2.72. The Hall–Kier alpha value is -0.550. The molecule has 1 aromatic rings. The van der Waals surface area contributed by atoms with Crippen molar-refractivity contribution in [1.82, 2.24) is 9.97 Å². The van der Waals surface area contributed by atoms with E-state index in [9.17, 15) is 4.39 Å². The summed E-state index contributed by atoms with van der Waals surface area (Å²) >= 11 is 7.47. The van der Waals surface area contributed by atoms with Crippen LogP contribution in [0, 0.1) is 5.82 Å². The molecule has 0 spiro atoms. The SMILES string of the molecule is CC1CC(Nc2nc(Cl)ncc2F)CS1. The minimum Gasteiger partial charge on any atom is -0.364 e. The van der Waals surface area contributed by atoms with Crippen molar-refractivity contribution in [1.29, 1.82) is 0 Å². The average Bonchev–Trinajstić information content (AvgIpc) is 2.58. The molecule has 0 saturated carbocycles. The minimum absolute atomic E-state index is 0.0672. The van der Waals surface area contributed by atoms with E-state index >= 15 is 0 Å². The van der Waals surface area contributed by atoms with Gasteiger partial charge in [-0.05, 0) is 18.0 Å². The fourth-order valence-electron chi connectivity index (χ4n) is 1.56. The number of anilines is 1. The first kappa shape index (κ1) is 11.0. The lowest BCUT2D eigenvalue weighted by Crippen LogP contribution is -2.20. The molecule has 1 aliphatic heterocycles. The Morgan fingerprint density at radius 3 is 3.13 bits per heavy atom. The van der Waals surface area contributed by atoms with E-state index in [4.69, 9.17) is 11.6 Å². The lowest BCUT2D eigenvalue weighted by atomic mass is 10.2. The maximum Gasteiger partial charge on any atom is 0.224 e. The number of aromatic nitrogens is 2. The van der Waals surface area contributed by atoms with Crippen molar-refractivity contribution in [2.24, 2.45) is 0 Å². The molecule has 3 nitrogen and oxygen atoms in total. The smallest absolute Gasteiger partial charge is 0.224 e. The summed E-state index contributed by atoms with van der Waals surface area (Å²) in [6.07, 6.45) is 2.11. The summed E-state index contributed by atoms with van der Waals surface area (Å²) in [7, 11) is 0. The molecule has 1 aromatic heterocycles. The predicted molar refractivity (Wildman–Crippen MR) is 60.9 cm³/mol. The Kier molecular flexibility index (Phi) is 3.31. The summed E-state index contributed by atoms with van der Waals surface area (Å²) in [6, 6.07) is 0.269. The molecule has 2 unspecified atom stereocenters. The second kappa shape index (κ2) is 4.53. The topological polar surface area (TPSA) is 37.8 Å². The van der Waals surface area contributed by atoms with Gasteiger partial charge in [0.2, 0.25) is 5.28 Å². The highest BCUT2D eigenvalue weighted by atomic mass is 35.5. The summed E-state index contributed by atoms with van der Waals surface area (Å²) in [5.74, 6) is 0.723. The Bertz CT molecular complexity index is 363. The van der Waals surface area contributed by atoms with Crippen molar-refractivity contribution in [2.45, 2.75) is 24.6 Å². The van der Waals surface area contributed by atoms with E-state index in [-0.39, 0.29) is 17.1 Å². The van der Waals surface area contributed by atoms with Crippen LogP contribution in [0.3, 0.4) is 0 Å². The summed E-state index contributed by atoms with van der Waals surface area (Å²) in [5, 5.41) is 3.73. The van der Waals surface area contributed by atoms with Gasteiger partial charge in [0, 0.05) is 17.0 Å². The molecule has 1 fully saturated rings. The summed E-state index contributed by atoms with van der Waals surface area (Å²) in [5.41, 5.74) is 0. The first-order chi connectivity index (χ1) is 7.15. The van der Waals surface area contributed by atoms with Crippen LogP contribution in [0.5, 0.6) is 0 Å². The Morgan fingerprint density at radius 1 is 1.67 bits per heavy atom. The quantitative estimate of drug-likeness (QED) is 0.816. The highest BCUT2D eigenvalue weighted by Crippen LogP contribution is 2.28. The molecule has 0 radical (unpaired) electrons. The Morgan fingerprint density at radius 2 is 2.47 bits per heavy atom. The van der Waals surface area contributed by atoms with Crippen molar-refractivity contribution < 1.29 is 4.39 Å². The molecule has 0 aromatic carbocycles. The number of nitrogens with one attached hydrogen (secondary N) is 1. The van der Waals surface area contributed by atoms with Gasteiger partial charge < -0.3 is 5.32 Å². The molecular weight excluding hydrogens is 237 g/mol. The number of hydrogen-bond acceptors (Lipinski definition) is 4. The van der Waals surface area contributed by atoms with Gasteiger partial charge in [-0.25, -0.2) is 9.37 Å². The van der Waals surface area contributed by atoms with Crippen LogP contribution >= 0.6 is 23.4 Å². The maximum absolute atomic E-state index is 13.3. The molecule has 0 amide bonds. The van der Waals surface area contributed by atoms with E-state index in [0.717, 1.165) is 18.4 Å². The van der Waals surface area contributed by atoms with Gasteiger partial charge in [-0.15, -0.1) is 0 Å². The molecule has 0 bridgehead atoms. The zero-order valence-corrected chi connectivity index (χ0v) is 9.78. The van der Waals surface area contributed by atoms with Gasteiger partial charge in [-0.3, -0.25) is 0 Å². The first-order valence-electron chi connectivity index (χ1n) is 4.71. The van der Waals surface area contributed by atoms with Crippen LogP contribution in [0.1, 0.15) is 13.3 Å². The van der Waals surface area contributed by atoms with Crippen LogP contribution in [0.15, 0.2) is 6.20 Å². The molecule has 0 aliphatic carbocycles. The second-order valence-electron chi connectivity index (χ2n) is 3.56. The average molecular weight is 248 g/mol. The second-order valence-corrected chi connectivity index (χ2v) is 5.37. The van der Waals surface area contributed by atoms with Gasteiger partial charge in [0.25, 0.3) is 0 Å². The molecular formula is C9H11ClFN3S. The van der Waals surface area contributed by atoms with Crippen molar-refractivity contribution in [2.75, 3.05) is 11.1 Å². The lowest BCUT2D eigenvalue weighted by molar-refractivity contribution is 0.611. The minimum atomic E-state index is -0.455.